The van der Waals surface area contributed by atoms with Gasteiger partial charge >= 0.3 is 0 Å². The molecule has 0 radical (unpaired) electrons. The zero-order valence-electron chi connectivity index (χ0n) is 16.3. The van der Waals surface area contributed by atoms with E-state index in [2.05, 4.69) is 38.6 Å². The first-order chi connectivity index (χ1) is 14.2. The number of benzene rings is 2. The van der Waals surface area contributed by atoms with Crippen molar-refractivity contribution < 1.29 is 4.79 Å². The summed E-state index contributed by atoms with van der Waals surface area (Å²) in [6, 6.07) is 17.2. The summed E-state index contributed by atoms with van der Waals surface area (Å²) in [5, 5.41) is 7.13. The lowest BCUT2D eigenvalue weighted by Gasteiger charge is -2.13. The zero-order valence-corrected chi connectivity index (χ0v) is 16.3. The summed E-state index contributed by atoms with van der Waals surface area (Å²) >= 11 is 0. The highest BCUT2D eigenvalue weighted by atomic mass is 16.1. The second kappa shape index (κ2) is 8.06. The molecule has 0 saturated carbocycles. The molecule has 4 rings (SSSR count). The van der Waals surface area contributed by atoms with E-state index in [9.17, 15) is 4.79 Å². The van der Waals surface area contributed by atoms with Gasteiger partial charge in [0.1, 0.15) is 5.69 Å². The molecule has 0 atom stereocenters. The normalized spacial score (nSPS) is 10.7. The van der Waals surface area contributed by atoms with Crippen molar-refractivity contribution in [3.63, 3.8) is 0 Å². The molecule has 0 unspecified atom stereocenters. The minimum absolute atomic E-state index is 0.280. The third kappa shape index (κ3) is 3.91. The van der Waals surface area contributed by atoms with Crippen LogP contribution in [0.2, 0.25) is 0 Å². The largest absolute Gasteiger partial charge is 0.324 e. The molecular formula is C23H21N5O. The number of carbonyl (C=O) groups is 1. The van der Waals surface area contributed by atoms with Crippen LogP contribution in [0.1, 0.15) is 28.5 Å². The number of aromatic nitrogens is 3. The van der Waals surface area contributed by atoms with Gasteiger partial charge in [-0.2, -0.15) is 0 Å². The van der Waals surface area contributed by atoms with E-state index >= 15 is 0 Å². The van der Waals surface area contributed by atoms with Crippen LogP contribution in [0.5, 0.6) is 0 Å². The summed E-state index contributed by atoms with van der Waals surface area (Å²) in [7, 11) is 0. The predicted molar refractivity (Wildman–Crippen MR) is 116 cm³/mol. The molecule has 144 valence electrons. The van der Waals surface area contributed by atoms with Gasteiger partial charge in [0.2, 0.25) is 5.95 Å². The van der Waals surface area contributed by atoms with Crippen molar-refractivity contribution >= 4 is 34.1 Å². The number of nitrogens with zero attached hydrogens (tertiary/aromatic N) is 3. The van der Waals surface area contributed by atoms with E-state index in [0.29, 0.717) is 11.6 Å². The summed E-state index contributed by atoms with van der Waals surface area (Å²) in [5.74, 6) is 0.0757. The number of nitrogens with one attached hydrogen (secondary N) is 2. The number of hydrogen-bond donors (Lipinski definition) is 2. The lowest BCUT2D eigenvalue weighted by atomic mass is 10.1. The Kier molecular flexibility index (Phi) is 5.16. The molecule has 0 spiro atoms. The van der Waals surface area contributed by atoms with E-state index in [1.54, 1.807) is 18.5 Å². The second-order valence-electron chi connectivity index (χ2n) is 6.69. The van der Waals surface area contributed by atoms with Gasteiger partial charge in [0.15, 0.2) is 0 Å². The van der Waals surface area contributed by atoms with Crippen molar-refractivity contribution in [3.05, 3.63) is 83.8 Å². The Bertz CT molecular complexity index is 1180. The van der Waals surface area contributed by atoms with Crippen molar-refractivity contribution in [2.75, 3.05) is 10.6 Å². The molecule has 4 aromatic rings. The van der Waals surface area contributed by atoms with Crippen molar-refractivity contribution in [1.29, 1.82) is 0 Å². The topological polar surface area (TPSA) is 79.8 Å². The molecule has 0 bridgehead atoms. The Morgan fingerprint density at radius 2 is 1.79 bits per heavy atom. The molecule has 0 aliphatic carbocycles. The fourth-order valence-corrected chi connectivity index (χ4v) is 3.25. The first-order valence-electron chi connectivity index (χ1n) is 9.49. The van der Waals surface area contributed by atoms with Gasteiger partial charge in [0.25, 0.3) is 5.91 Å². The molecule has 0 saturated heterocycles. The minimum Gasteiger partial charge on any atom is -0.324 e. The highest BCUT2D eigenvalue weighted by Gasteiger charge is 2.13. The van der Waals surface area contributed by atoms with Crippen LogP contribution in [0.3, 0.4) is 0 Å². The first kappa shape index (κ1) is 18.6. The van der Waals surface area contributed by atoms with E-state index < -0.39 is 0 Å². The smallest absolute Gasteiger partial charge is 0.274 e. The second-order valence-corrected chi connectivity index (χ2v) is 6.69. The van der Waals surface area contributed by atoms with Crippen molar-refractivity contribution in [2.24, 2.45) is 0 Å². The number of rotatable bonds is 5. The lowest BCUT2D eigenvalue weighted by molar-refractivity contribution is 0.102. The highest BCUT2D eigenvalue weighted by Crippen LogP contribution is 2.24. The van der Waals surface area contributed by atoms with Crippen LogP contribution < -0.4 is 10.6 Å². The van der Waals surface area contributed by atoms with Crippen LogP contribution in [-0.2, 0) is 6.42 Å². The summed E-state index contributed by atoms with van der Waals surface area (Å²) < 4.78 is 0. The van der Waals surface area contributed by atoms with E-state index in [0.717, 1.165) is 28.6 Å². The maximum Gasteiger partial charge on any atom is 0.274 e. The Labute approximate surface area is 169 Å². The summed E-state index contributed by atoms with van der Waals surface area (Å²) in [6.45, 7) is 4.13. The molecule has 0 fully saturated rings. The average Bonchev–Trinajstić information content (AvgIpc) is 2.75. The Balaban J connectivity index is 1.60. The van der Waals surface area contributed by atoms with Crippen molar-refractivity contribution in [3.8, 4) is 0 Å². The Morgan fingerprint density at radius 1 is 0.966 bits per heavy atom. The highest BCUT2D eigenvalue weighted by molar-refractivity contribution is 6.07. The van der Waals surface area contributed by atoms with Gasteiger partial charge < -0.3 is 10.6 Å². The van der Waals surface area contributed by atoms with E-state index in [-0.39, 0.29) is 11.6 Å². The Hall–Kier alpha value is -3.80. The van der Waals surface area contributed by atoms with Crippen LogP contribution in [0.25, 0.3) is 10.9 Å². The van der Waals surface area contributed by atoms with Crippen LogP contribution in [0.4, 0.5) is 17.3 Å². The number of amides is 1. The SMILES string of the molecule is CCc1cccc(C)c1Nc1nccc(C(=O)Nc2cccc3cccnc23)n1. The summed E-state index contributed by atoms with van der Waals surface area (Å²) in [4.78, 5) is 25.8. The summed E-state index contributed by atoms with van der Waals surface area (Å²) in [5.41, 5.74) is 4.92. The zero-order chi connectivity index (χ0) is 20.2. The van der Waals surface area contributed by atoms with Crippen molar-refractivity contribution in [1.82, 2.24) is 15.0 Å². The molecule has 0 aliphatic heterocycles. The molecule has 2 heterocycles. The molecule has 29 heavy (non-hydrogen) atoms. The van der Waals surface area contributed by atoms with Gasteiger partial charge in [0.05, 0.1) is 11.2 Å². The molecule has 2 aromatic carbocycles. The number of carbonyl (C=O) groups excluding carboxylic acids is 1. The van der Waals surface area contributed by atoms with Gasteiger partial charge in [-0.15, -0.1) is 0 Å². The third-order valence-electron chi connectivity index (χ3n) is 4.75. The van der Waals surface area contributed by atoms with E-state index in [4.69, 9.17) is 0 Å². The van der Waals surface area contributed by atoms with Gasteiger partial charge in [-0.25, -0.2) is 9.97 Å². The van der Waals surface area contributed by atoms with Gasteiger partial charge in [-0.05, 0) is 42.7 Å². The number of para-hydroxylation sites is 2. The van der Waals surface area contributed by atoms with Crippen LogP contribution in [0, 0.1) is 6.92 Å². The third-order valence-corrected chi connectivity index (χ3v) is 4.75. The van der Waals surface area contributed by atoms with Crippen molar-refractivity contribution in [2.45, 2.75) is 20.3 Å². The lowest BCUT2D eigenvalue weighted by Crippen LogP contribution is -2.15. The molecule has 2 aromatic heterocycles. The fraction of sp³-hybridized carbons (Fsp3) is 0.130. The quantitative estimate of drug-likeness (QED) is 0.513. The monoisotopic (exact) mass is 383 g/mol. The van der Waals surface area contributed by atoms with Crippen LogP contribution >= 0.6 is 0 Å². The molecule has 0 aliphatic rings. The Morgan fingerprint density at radius 3 is 2.66 bits per heavy atom. The van der Waals surface area contributed by atoms with E-state index in [1.807, 2.05) is 49.4 Å². The average molecular weight is 383 g/mol. The van der Waals surface area contributed by atoms with Crippen LogP contribution in [-0.4, -0.2) is 20.9 Å². The minimum atomic E-state index is -0.311. The predicted octanol–water partition coefficient (Wildman–Crippen LogP) is 4.89. The summed E-state index contributed by atoms with van der Waals surface area (Å²) in [6.07, 6.45) is 4.17. The van der Waals surface area contributed by atoms with Gasteiger partial charge in [-0.1, -0.05) is 43.3 Å². The maximum absolute atomic E-state index is 12.8. The molecule has 1 amide bonds. The standard InChI is InChI=1S/C23H21N5O/c1-3-16-8-4-7-15(2)20(16)28-23-25-14-12-19(27-23)22(29)26-18-11-5-9-17-10-6-13-24-21(17)18/h4-14H,3H2,1-2H3,(H,26,29)(H,25,27,28). The van der Waals surface area contributed by atoms with E-state index in [1.165, 1.54) is 5.56 Å². The number of pyridine rings is 1. The maximum atomic E-state index is 12.8. The first-order valence-corrected chi connectivity index (χ1v) is 9.49. The van der Waals surface area contributed by atoms with Crippen LogP contribution in [0.15, 0.2) is 67.0 Å². The molecular weight excluding hydrogens is 362 g/mol. The number of anilines is 3. The number of hydrogen-bond acceptors (Lipinski definition) is 5. The molecule has 6 heteroatoms. The number of fused-ring (bicyclic) bond motifs is 1. The van der Waals surface area contributed by atoms with Gasteiger partial charge in [0, 0.05) is 23.5 Å². The fourth-order valence-electron chi connectivity index (χ4n) is 3.25. The van der Waals surface area contributed by atoms with Gasteiger partial charge in [-0.3, -0.25) is 9.78 Å². The number of aryl methyl sites for hydroxylation is 2. The molecule has 2 N–H and O–H groups in total. The molecule has 6 nitrogen and oxygen atoms in total.